The molecule has 1 unspecified atom stereocenters. The van der Waals surface area contributed by atoms with Gasteiger partial charge in [0, 0.05) is 19.6 Å². The van der Waals surface area contributed by atoms with Gasteiger partial charge in [-0.15, -0.1) is 0 Å². The first-order valence-electron chi connectivity index (χ1n) is 5.46. The molecule has 14 heavy (non-hydrogen) atoms. The fourth-order valence-electron chi connectivity index (χ4n) is 2.61. The summed E-state index contributed by atoms with van der Waals surface area (Å²) in [5, 5.41) is 0. The summed E-state index contributed by atoms with van der Waals surface area (Å²) in [7, 11) is 1.67. The number of carbonyl (C=O) groups is 1. The average Bonchev–Trinajstić information content (AvgIpc) is 2.89. The van der Waals surface area contributed by atoms with Crippen molar-refractivity contribution in [2.45, 2.75) is 37.7 Å². The first-order chi connectivity index (χ1) is 6.78. The summed E-state index contributed by atoms with van der Waals surface area (Å²) < 4.78 is 10.7. The molecule has 2 fully saturated rings. The molecule has 0 aromatic heterocycles. The van der Waals surface area contributed by atoms with Crippen molar-refractivity contribution in [1.29, 1.82) is 0 Å². The normalized spacial score (nSPS) is 30.8. The minimum Gasteiger partial charge on any atom is -0.381 e. The molecular weight excluding hydrogens is 180 g/mol. The van der Waals surface area contributed by atoms with Crippen LogP contribution in [0.5, 0.6) is 0 Å². The number of rotatable bonds is 3. The molecule has 1 saturated carbocycles. The van der Waals surface area contributed by atoms with Gasteiger partial charge in [-0.05, 0) is 32.1 Å². The van der Waals surface area contributed by atoms with Crippen LogP contribution in [0.25, 0.3) is 0 Å². The molecule has 0 radical (unpaired) electrons. The lowest BCUT2D eigenvalue weighted by Gasteiger charge is -2.28. The van der Waals surface area contributed by atoms with Crippen molar-refractivity contribution in [1.82, 2.24) is 0 Å². The van der Waals surface area contributed by atoms with E-state index in [0.717, 1.165) is 38.7 Å². The Morgan fingerprint density at radius 3 is 2.64 bits per heavy atom. The number of ether oxygens (including phenoxy) is 2. The summed E-state index contributed by atoms with van der Waals surface area (Å²) in [5.74, 6) is 0.378. The SMILES string of the molecule is COC1(C(=O)C2CCOC2)CCCC1. The second-order valence-electron chi connectivity index (χ2n) is 4.33. The molecule has 3 nitrogen and oxygen atoms in total. The van der Waals surface area contributed by atoms with Gasteiger partial charge in [-0.3, -0.25) is 4.79 Å². The topological polar surface area (TPSA) is 35.5 Å². The number of Topliss-reactive ketones (excluding diaryl/α,β-unsaturated/α-hetero) is 1. The van der Waals surface area contributed by atoms with Crippen LogP contribution in [0, 0.1) is 5.92 Å². The molecule has 3 heteroatoms. The minimum atomic E-state index is -0.460. The van der Waals surface area contributed by atoms with Crippen LogP contribution >= 0.6 is 0 Å². The summed E-state index contributed by atoms with van der Waals surface area (Å²) in [6.45, 7) is 1.33. The maximum atomic E-state index is 12.2. The maximum Gasteiger partial charge on any atom is 0.170 e. The lowest BCUT2D eigenvalue weighted by Crippen LogP contribution is -2.42. The summed E-state index contributed by atoms with van der Waals surface area (Å²) in [6.07, 6.45) is 4.92. The van der Waals surface area contributed by atoms with Crippen LogP contribution in [0.15, 0.2) is 0 Å². The van der Waals surface area contributed by atoms with Crippen molar-refractivity contribution >= 4 is 5.78 Å². The average molecular weight is 198 g/mol. The Balaban J connectivity index is 2.06. The number of hydrogen-bond acceptors (Lipinski definition) is 3. The third-order valence-corrected chi connectivity index (χ3v) is 3.55. The molecule has 1 heterocycles. The first kappa shape index (κ1) is 10.1. The third-order valence-electron chi connectivity index (χ3n) is 3.55. The van der Waals surface area contributed by atoms with E-state index in [1.807, 2.05) is 0 Å². The Bertz CT molecular complexity index is 213. The molecule has 2 rings (SSSR count). The van der Waals surface area contributed by atoms with E-state index in [4.69, 9.17) is 9.47 Å². The summed E-state index contributed by atoms with van der Waals surface area (Å²) in [6, 6.07) is 0. The van der Waals surface area contributed by atoms with E-state index >= 15 is 0 Å². The zero-order valence-corrected chi connectivity index (χ0v) is 8.75. The highest BCUT2D eigenvalue weighted by Crippen LogP contribution is 2.36. The van der Waals surface area contributed by atoms with Gasteiger partial charge < -0.3 is 9.47 Å². The Hall–Kier alpha value is -0.410. The zero-order valence-electron chi connectivity index (χ0n) is 8.75. The molecule has 1 aliphatic carbocycles. The highest BCUT2D eigenvalue weighted by atomic mass is 16.5. The van der Waals surface area contributed by atoms with Crippen LogP contribution in [0.3, 0.4) is 0 Å². The number of carbonyl (C=O) groups excluding carboxylic acids is 1. The van der Waals surface area contributed by atoms with Gasteiger partial charge in [0.25, 0.3) is 0 Å². The second kappa shape index (κ2) is 3.99. The monoisotopic (exact) mass is 198 g/mol. The molecule has 0 aromatic rings. The molecule has 1 saturated heterocycles. The Labute approximate surface area is 84.8 Å². The van der Waals surface area contributed by atoms with Crippen LogP contribution in [0.4, 0.5) is 0 Å². The van der Waals surface area contributed by atoms with E-state index in [0.29, 0.717) is 6.61 Å². The van der Waals surface area contributed by atoms with Crippen LogP contribution in [-0.4, -0.2) is 31.7 Å². The molecule has 0 aromatic carbocycles. The fourth-order valence-corrected chi connectivity index (χ4v) is 2.61. The van der Waals surface area contributed by atoms with E-state index in [-0.39, 0.29) is 11.7 Å². The largest absolute Gasteiger partial charge is 0.381 e. The van der Waals surface area contributed by atoms with Gasteiger partial charge in [0.15, 0.2) is 5.78 Å². The predicted octanol–water partition coefficient (Wildman–Crippen LogP) is 1.55. The lowest BCUT2D eigenvalue weighted by molar-refractivity contribution is -0.144. The summed E-state index contributed by atoms with van der Waals surface area (Å²) >= 11 is 0. The number of hydrogen-bond donors (Lipinski definition) is 0. The third kappa shape index (κ3) is 1.59. The zero-order chi connectivity index (χ0) is 10.0. The first-order valence-corrected chi connectivity index (χ1v) is 5.46. The molecule has 80 valence electrons. The van der Waals surface area contributed by atoms with Crippen molar-refractivity contribution in [2.75, 3.05) is 20.3 Å². The van der Waals surface area contributed by atoms with E-state index in [1.54, 1.807) is 7.11 Å². The van der Waals surface area contributed by atoms with Gasteiger partial charge in [-0.2, -0.15) is 0 Å². The molecule has 1 atom stereocenters. The van der Waals surface area contributed by atoms with E-state index in [9.17, 15) is 4.79 Å². The van der Waals surface area contributed by atoms with Crippen molar-refractivity contribution in [2.24, 2.45) is 5.92 Å². The van der Waals surface area contributed by atoms with Crippen molar-refractivity contribution in [3.8, 4) is 0 Å². The number of methoxy groups -OCH3 is 1. The Morgan fingerprint density at radius 2 is 2.14 bits per heavy atom. The van der Waals surface area contributed by atoms with E-state index < -0.39 is 5.60 Å². The smallest absolute Gasteiger partial charge is 0.170 e. The molecule has 0 spiro atoms. The standard InChI is InChI=1S/C11H18O3/c1-13-11(5-2-3-6-11)10(12)9-4-7-14-8-9/h9H,2-8H2,1H3. The van der Waals surface area contributed by atoms with Crippen LogP contribution < -0.4 is 0 Å². The van der Waals surface area contributed by atoms with Gasteiger partial charge in [0.2, 0.25) is 0 Å². The lowest BCUT2D eigenvalue weighted by atomic mass is 9.87. The molecule has 2 aliphatic rings. The van der Waals surface area contributed by atoms with Gasteiger partial charge in [-0.1, -0.05) is 0 Å². The highest BCUT2D eigenvalue weighted by molar-refractivity contribution is 5.90. The number of ketones is 1. The van der Waals surface area contributed by atoms with Crippen molar-refractivity contribution in [3.05, 3.63) is 0 Å². The Morgan fingerprint density at radius 1 is 1.43 bits per heavy atom. The van der Waals surface area contributed by atoms with Crippen LogP contribution in [0.1, 0.15) is 32.1 Å². The van der Waals surface area contributed by atoms with E-state index in [2.05, 4.69) is 0 Å². The maximum absolute atomic E-state index is 12.2. The minimum absolute atomic E-state index is 0.0908. The molecule has 1 aliphatic heterocycles. The van der Waals surface area contributed by atoms with Gasteiger partial charge in [0.1, 0.15) is 5.60 Å². The second-order valence-corrected chi connectivity index (χ2v) is 4.33. The highest BCUT2D eigenvalue weighted by Gasteiger charge is 2.44. The van der Waals surface area contributed by atoms with E-state index in [1.165, 1.54) is 0 Å². The van der Waals surface area contributed by atoms with Crippen LogP contribution in [-0.2, 0) is 14.3 Å². The van der Waals surface area contributed by atoms with Crippen molar-refractivity contribution < 1.29 is 14.3 Å². The Kier molecular flexibility index (Phi) is 2.88. The fraction of sp³-hybridized carbons (Fsp3) is 0.909. The summed E-state index contributed by atoms with van der Waals surface area (Å²) in [4.78, 5) is 12.2. The van der Waals surface area contributed by atoms with Gasteiger partial charge >= 0.3 is 0 Å². The molecule has 0 bridgehead atoms. The molecule has 0 amide bonds. The van der Waals surface area contributed by atoms with Gasteiger partial charge in [-0.25, -0.2) is 0 Å². The van der Waals surface area contributed by atoms with Gasteiger partial charge in [0.05, 0.1) is 6.61 Å². The molecule has 0 N–H and O–H groups in total. The summed E-state index contributed by atoms with van der Waals surface area (Å²) in [5.41, 5.74) is -0.460. The molecular formula is C11H18O3. The van der Waals surface area contributed by atoms with Crippen LogP contribution in [0.2, 0.25) is 0 Å². The quantitative estimate of drug-likeness (QED) is 0.690. The van der Waals surface area contributed by atoms with Crippen molar-refractivity contribution in [3.63, 3.8) is 0 Å². The predicted molar refractivity (Wildman–Crippen MR) is 52.1 cm³/mol.